The molecule has 0 radical (unpaired) electrons. The molecular weight excluding hydrogens is 216 g/mol. The van der Waals surface area contributed by atoms with Crippen LogP contribution in [0.3, 0.4) is 0 Å². The summed E-state index contributed by atoms with van der Waals surface area (Å²) in [5.74, 6) is 0.0558. The lowest BCUT2D eigenvalue weighted by Gasteiger charge is -2.44. The first kappa shape index (κ1) is 14.3. The van der Waals surface area contributed by atoms with E-state index in [9.17, 15) is 15.3 Å². The van der Waals surface area contributed by atoms with Gasteiger partial charge in [-0.25, -0.2) is 0 Å². The molecule has 0 saturated heterocycles. The van der Waals surface area contributed by atoms with E-state index < -0.39 is 17.1 Å². The molecule has 3 heteroatoms. The Morgan fingerprint density at radius 3 is 1.94 bits per heavy atom. The first-order valence-corrected chi connectivity index (χ1v) is 5.94. The van der Waals surface area contributed by atoms with E-state index >= 15 is 0 Å². The third-order valence-electron chi connectivity index (χ3n) is 3.42. The standard InChI is InChI=1S/C14H24O3/c1-12(2,3)9-7-11(16)14(17,8-10(9)15)13(4,5)6/h7-8,11,15-17H,1-6H3. The number of rotatable bonds is 0. The Bertz CT molecular complexity index is 366. The van der Waals surface area contributed by atoms with Gasteiger partial charge < -0.3 is 15.3 Å². The Morgan fingerprint density at radius 2 is 1.59 bits per heavy atom. The number of allylic oxidation sites excluding steroid dienone is 1. The Kier molecular flexibility index (Phi) is 3.23. The molecule has 0 saturated carbocycles. The Balaban J connectivity index is 3.25. The molecular formula is C14H24O3. The second-order valence-corrected chi connectivity index (χ2v) is 6.88. The van der Waals surface area contributed by atoms with Gasteiger partial charge in [-0.1, -0.05) is 41.5 Å². The highest BCUT2D eigenvalue weighted by atomic mass is 16.3. The second kappa shape index (κ2) is 3.85. The molecule has 0 aliphatic heterocycles. The summed E-state index contributed by atoms with van der Waals surface area (Å²) in [5, 5.41) is 30.7. The van der Waals surface area contributed by atoms with E-state index in [0.29, 0.717) is 5.57 Å². The molecule has 1 rings (SSSR count). The lowest BCUT2D eigenvalue weighted by atomic mass is 9.68. The molecule has 2 atom stereocenters. The van der Waals surface area contributed by atoms with Gasteiger partial charge in [0.15, 0.2) is 0 Å². The van der Waals surface area contributed by atoms with Gasteiger partial charge in [0.2, 0.25) is 0 Å². The molecule has 3 nitrogen and oxygen atoms in total. The van der Waals surface area contributed by atoms with Crippen molar-refractivity contribution in [2.45, 2.75) is 53.2 Å². The van der Waals surface area contributed by atoms with Crippen LogP contribution < -0.4 is 0 Å². The van der Waals surface area contributed by atoms with E-state index in [0.717, 1.165) is 0 Å². The minimum absolute atomic E-state index is 0.0558. The minimum atomic E-state index is -1.44. The van der Waals surface area contributed by atoms with Gasteiger partial charge in [-0.3, -0.25) is 0 Å². The number of aliphatic hydroxyl groups is 3. The molecule has 98 valence electrons. The highest BCUT2D eigenvalue weighted by Crippen LogP contribution is 2.42. The first-order chi connectivity index (χ1) is 7.39. The van der Waals surface area contributed by atoms with E-state index in [1.807, 2.05) is 41.5 Å². The third kappa shape index (κ3) is 2.40. The van der Waals surface area contributed by atoms with Crippen LogP contribution in [0.5, 0.6) is 0 Å². The summed E-state index contributed by atoms with van der Waals surface area (Å²) in [7, 11) is 0. The van der Waals surface area contributed by atoms with E-state index in [-0.39, 0.29) is 11.2 Å². The highest BCUT2D eigenvalue weighted by Gasteiger charge is 2.47. The van der Waals surface area contributed by atoms with Crippen molar-refractivity contribution in [3.05, 3.63) is 23.5 Å². The molecule has 0 heterocycles. The summed E-state index contributed by atoms with van der Waals surface area (Å²) >= 11 is 0. The maximum absolute atomic E-state index is 10.5. The fraction of sp³-hybridized carbons (Fsp3) is 0.714. The molecule has 0 aromatic heterocycles. The summed E-state index contributed by atoms with van der Waals surface area (Å²) in [6, 6.07) is 0. The average Bonchev–Trinajstić information content (AvgIpc) is 2.07. The molecule has 0 spiro atoms. The lowest BCUT2D eigenvalue weighted by molar-refractivity contribution is -0.0914. The molecule has 0 fully saturated rings. The van der Waals surface area contributed by atoms with Crippen molar-refractivity contribution in [3.8, 4) is 0 Å². The molecule has 1 aliphatic carbocycles. The molecule has 2 unspecified atom stereocenters. The monoisotopic (exact) mass is 240 g/mol. The fourth-order valence-corrected chi connectivity index (χ4v) is 2.04. The molecule has 0 amide bonds. The van der Waals surface area contributed by atoms with Crippen molar-refractivity contribution < 1.29 is 15.3 Å². The van der Waals surface area contributed by atoms with Crippen LogP contribution in [0, 0.1) is 10.8 Å². The molecule has 0 aromatic rings. The van der Waals surface area contributed by atoms with Gasteiger partial charge in [0.1, 0.15) is 17.5 Å². The normalized spacial score (nSPS) is 30.9. The van der Waals surface area contributed by atoms with Crippen LogP contribution in [0.1, 0.15) is 41.5 Å². The van der Waals surface area contributed by atoms with Crippen molar-refractivity contribution >= 4 is 0 Å². The van der Waals surface area contributed by atoms with Crippen LogP contribution in [0.15, 0.2) is 23.5 Å². The average molecular weight is 240 g/mol. The summed E-state index contributed by atoms with van der Waals surface area (Å²) < 4.78 is 0. The van der Waals surface area contributed by atoms with E-state index in [2.05, 4.69) is 0 Å². The Labute approximate surface area is 103 Å². The van der Waals surface area contributed by atoms with Crippen LogP contribution in [0.25, 0.3) is 0 Å². The van der Waals surface area contributed by atoms with E-state index in [4.69, 9.17) is 0 Å². The van der Waals surface area contributed by atoms with Crippen molar-refractivity contribution in [2.75, 3.05) is 0 Å². The summed E-state index contributed by atoms with van der Waals surface area (Å²) in [4.78, 5) is 0. The van der Waals surface area contributed by atoms with Crippen LogP contribution in [0.4, 0.5) is 0 Å². The second-order valence-electron chi connectivity index (χ2n) is 6.88. The predicted molar refractivity (Wildman–Crippen MR) is 68.7 cm³/mol. The minimum Gasteiger partial charge on any atom is -0.508 e. The number of hydrogen-bond donors (Lipinski definition) is 3. The van der Waals surface area contributed by atoms with Gasteiger partial charge in [0, 0.05) is 0 Å². The highest BCUT2D eigenvalue weighted by molar-refractivity contribution is 5.40. The summed E-state index contributed by atoms with van der Waals surface area (Å²) in [6.07, 6.45) is 1.92. The fourth-order valence-electron chi connectivity index (χ4n) is 2.04. The van der Waals surface area contributed by atoms with Crippen LogP contribution in [-0.2, 0) is 0 Å². The smallest absolute Gasteiger partial charge is 0.121 e. The summed E-state index contributed by atoms with van der Waals surface area (Å²) in [5.41, 5.74) is -1.59. The van der Waals surface area contributed by atoms with E-state index in [1.165, 1.54) is 6.08 Å². The third-order valence-corrected chi connectivity index (χ3v) is 3.42. The SMILES string of the molecule is CC(C)(C)C1=CC(O)C(O)(C(C)(C)C)C=C1O. The molecule has 1 aliphatic rings. The van der Waals surface area contributed by atoms with Crippen molar-refractivity contribution in [3.63, 3.8) is 0 Å². The largest absolute Gasteiger partial charge is 0.508 e. The number of hydrogen-bond acceptors (Lipinski definition) is 3. The van der Waals surface area contributed by atoms with Gasteiger partial charge in [-0.05, 0) is 28.6 Å². The molecule has 0 aromatic carbocycles. The number of aliphatic hydroxyl groups excluding tert-OH is 2. The quantitative estimate of drug-likeness (QED) is 0.610. The van der Waals surface area contributed by atoms with Crippen LogP contribution >= 0.6 is 0 Å². The topological polar surface area (TPSA) is 60.7 Å². The van der Waals surface area contributed by atoms with Gasteiger partial charge in [0.05, 0.1) is 0 Å². The van der Waals surface area contributed by atoms with Gasteiger partial charge in [-0.15, -0.1) is 0 Å². The molecule has 17 heavy (non-hydrogen) atoms. The van der Waals surface area contributed by atoms with Crippen LogP contribution in [-0.4, -0.2) is 27.0 Å². The predicted octanol–water partition coefficient (Wildman–Crippen LogP) is 2.55. The van der Waals surface area contributed by atoms with E-state index in [1.54, 1.807) is 6.08 Å². The molecule has 3 N–H and O–H groups in total. The first-order valence-electron chi connectivity index (χ1n) is 5.94. The zero-order valence-electron chi connectivity index (χ0n) is 11.6. The van der Waals surface area contributed by atoms with Gasteiger partial charge in [0.25, 0.3) is 0 Å². The Morgan fingerprint density at radius 1 is 1.12 bits per heavy atom. The maximum atomic E-state index is 10.5. The van der Waals surface area contributed by atoms with Crippen LogP contribution in [0.2, 0.25) is 0 Å². The maximum Gasteiger partial charge on any atom is 0.121 e. The van der Waals surface area contributed by atoms with Crippen molar-refractivity contribution in [1.29, 1.82) is 0 Å². The van der Waals surface area contributed by atoms with Crippen molar-refractivity contribution in [1.82, 2.24) is 0 Å². The Hall–Kier alpha value is -0.800. The molecule has 0 bridgehead atoms. The zero-order chi connectivity index (χ0) is 13.6. The summed E-state index contributed by atoms with van der Waals surface area (Å²) in [6.45, 7) is 11.4. The van der Waals surface area contributed by atoms with Gasteiger partial charge >= 0.3 is 0 Å². The van der Waals surface area contributed by atoms with Crippen molar-refractivity contribution in [2.24, 2.45) is 10.8 Å². The zero-order valence-corrected chi connectivity index (χ0v) is 11.6. The lowest BCUT2D eigenvalue weighted by Crippen LogP contribution is -2.52. The van der Waals surface area contributed by atoms with Gasteiger partial charge in [-0.2, -0.15) is 0 Å².